The van der Waals surface area contributed by atoms with Crippen molar-refractivity contribution in [1.29, 1.82) is 0 Å². The average Bonchev–Trinajstić information content (AvgIpc) is 2.60. The van der Waals surface area contributed by atoms with Gasteiger partial charge in [0, 0.05) is 11.8 Å². The van der Waals surface area contributed by atoms with E-state index in [0.717, 1.165) is 0 Å². The van der Waals surface area contributed by atoms with Crippen LogP contribution < -0.4 is 19.5 Å². The van der Waals surface area contributed by atoms with Crippen LogP contribution in [0.2, 0.25) is 0 Å². The highest BCUT2D eigenvalue weighted by atomic mass is 16.5. The molecule has 0 fully saturated rings. The van der Waals surface area contributed by atoms with Gasteiger partial charge in [0.25, 0.3) is 5.91 Å². The summed E-state index contributed by atoms with van der Waals surface area (Å²) in [6.45, 7) is 1.89. The lowest BCUT2D eigenvalue weighted by Gasteiger charge is -2.19. The number of ether oxygens (including phenoxy) is 3. The lowest BCUT2D eigenvalue weighted by Crippen LogP contribution is -2.32. The van der Waals surface area contributed by atoms with Crippen molar-refractivity contribution in [1.82, 2.24) is 0 Å². The van der Waals surface area contributed by atoms with Gasteiger partial charge in [-0.1, -0.05) is 25.1 Å². The van der Waals surface area contributed by atoms with E-state index in [1.165, 1.54) is 0 Å². The summed E-state index contributed by atoms with van der Waals surface area (Å²) < 4.78 is 16.2. The first-order valence-corrected chi connectivity index (χ1v) is 7.42. The highest BCUT2D eigenvalue weighted by Crippen LogP contribution is 2.27. The monoisotopic (exact) mass is 315 g/mol. The molecule has 5 heteroatoms. The first-order chi connectivity index (χ1) is 11.2. The molecule has 5 nitrogen and oxygen atoms in total. The molecule has 2 aromatic carbocycles. The van der Waals surface area contributed by atoms with Crippen molar-refractivity contribution in [3.05, 3.63) is 48.5 Å². The molecule has 0 radical (unpaired) electrons. The van der Waals surface area contributed by atoms with Crippen LogP contribution in [0.3, 0.4) is 0 Å². The first kappa shape index (κ1) is 16.7. The van der Waals surface area contributed by atoms with E-state index in [1.807, 2.05) is 31.2 Å². The third-order valence-corrected chi connectivity index (χ3v) is 3.34. The predicted molar refractivity (Wildman–Crippen MR) is 89.3 cm³/mol. The Morgan fingerprint density at radius 1 is 1.04 bits per heavy atom. The molecule has 0 aliphatic carbocycles. The summed E-state index contributed by atoms with van der Waals surface area (Å²) in [7, 11) is 3.15. The zero-order chi connectivity index (χ0) is 16.7. The van der Waals surface area contributed by atoms with Crippen molar-refractivity contribution in [3.63, 3.8) is 0 Å². The number of amides is 1. The summed E-state index contributed by atoms with van der Waals surface area (Å²) in [5, 5.41) is 2.84. The Hall–Kier alpha value is -2.69. The third-order valence-electron chi connectivity index (χ3n) is 3.34. The van der Waals surface area contributed by atoms with Crippen LogP contribution >= 0.6 is 0 Å². The molecule has 1 N–H and O–H groups in total. The second-order valence-corrected chi connectivity index (χ2v) is 4.89. The molecular formula is C18H21NO4. The van der Waals surface area contributed by atoms with E-state index in [2.05, 4.69) is 5.32 Å². The molecule has 23 heavy (non-hydrogen) atoms. The number of benzene rings is 2. The third kappa shape index (κ3) is 4.39. The summed E-state index contributed by atoms with van der Waals surface area (Å²) in [6, 6.07) is 14.5. The van der Waals surface area contributed by atoms with Gasteiger partial charge in [-0.2, -0.15) is 0 Å². The van der Waals surface area contributed by atoms with Gasteiger partial charge in [-0.3, -0.25) is 4.79 Å². The quantitative estimate of drug-likeness (QED) is 0.849. The van der Waals surface area contributed by atoms with E-state index in [9.17, 15) is 4.79 Å². The SMILES string of the molecule is CCC(Oc1ccccc1OC)C(=O)Nc1cccc(OC)c1. The van der Waals surface area contributed by atoms with Crippen LogP contribution in [-0.4, -0.2) is 26.2 Å². The molecular weight excluding hydrogens is 294 g/mol. The summed E-state index contributed by atoms with van der Waals surface area (Å²) >= 11 is 0. The van der Waals surface area contributed by atoms with Crippen molar-refractivity contribution in [3.8, 4) is 17.2 Å². The zero-order valence-electron chi connectivity index (χ0n) is 13.5. The van der Waals surface area contributed by atoms with Crippen molar-refractivity contribution in [2.75, 3.05) is 19.5 Å². The number of rotatable bonds is 7. The van der Waals surface area contributed by atoms with Crippen LogP contribution in [0.25, 0.3) is 0 Å². The van der Waals surface area contributed by atoms with Crippen LogP contribution in [0, 0.1) is 0 Å². The number of carbonyl (C=O) groups excluding carboxylic acids is 1. The Morgan fingerprint density at radius 3 is 2.43 bits per heavy atom. The number of para-hydroxylation sites is 2. The van der Waals surface area contributed by atoms with Gasteiger partial charge < -0.3 is 19.5 Å². The predicted octanol–water partition coefficient (Wildman–Crippen LogP) is 3.50. The standard InChI is InChI=1S/C18H21NO4/c1-4-15(23-17-11-6-5-10-16(17)22-3)18(20)19-13-8-7-9-14(12-13)21-2/h5-12,15H,4H2,1-3H3,(H,19,20). The van der Waals surface area contributed by atoms with Crippen molar-refractivity contribution >= 4 is 11.6 Å². The lowest BCUT2D eigenvalue weighted by molar-refractivity contribution is -0.122. The molecule has 0 aliphatic heterocycles. The van der Waals surface area contributed by atoms with Gasteiger partial charge in [-0.25, -0.2) is 0 Å². The maximum Gasteiger partial charge on any atom is 0.265 e. The highest BCUT2D eigenvalue weighted by Gasteiger charge is 2.20. The molecule has 0 saturated heterocycles. The van der Waals surface area contributed by atoms with E-state index >= 15 is 0 Å². The van der Waals surface area contributed by atoms with Gasteiger partial charge in [-0.15, -0.1) is 0 Å². The van der Waals surface area contributed by atoms with Crippen LogP contribution in [0.15, 0.2) is 48.5 Å². The Morgan fingerprint density at radius 2 is 1.78 bits per heavy atom. The van der Waals surface area contributed by atoms with E-state index in [1.54, 1.807) is 38.5 Å². The van der Waals surface area contributed by atoms with Crippen molar-refractivity contribution in [2.45, 2.75) is 19.4 Å². The fourth-order valence-electron chi connectivity index (χ4n) is 2.12. The molecule has 0 aromatic heterocycles. The van der Waals surface area contributed by atoms with Gasteiger partial charge >= 0.3 is 0 Å². The molecule has 2 aromatic rings. The van der Waals surface area contributed by atoms with Gasteiger partial charge in [0.2, 0.25) is 0 Å². The van der Waals surface area contributed by atoms with Gasteiger partial charge in [0.1, 0.15) is 5.75 Å². The second kappa shape index (κ2) is 8.08. The maximum atomic E-state index is 12.4. The maximum absolute atomic E-state index is 12.4. The summed E-state index contributed by atoms with van der Waals surface area (Å²) in [5.41, 5.74) is 0.663. The fraction of sp³-hybridized carbons (Fsp3) is 0.278. The molecule has 2 rings (SSSR count). The summed E-state index contributed by atoms with van der Waals surface area (Å²) in [6.07, 6.45) is -0.0779. The van der Waals surface area contributed by atoms with Gasteiger partial charge in [0.05, 0.1) is 14.2 Å². The van der Waals surface area contributed by atoms with Crippen molar-refractivity contribution < 1.29 is 19.0 Å². The fourth-order valence-corrected chi connectivity index (χ4v) is 2.12. The molecule has 1 atom stereocenters. The zero-order valence-corrected chi connectivity index (χ0v) is 13.5. The number of nitrogens with one attached hydrogen (secondary N) is 1. The minimum absolute atomic E-state index is 0.216. The van der Waals surface area contributed by atoms with E-state index in [0.29, 0.717) is 29.4 Å². The van der Waals surface area contributed by atoms with E-state index in [4.69, 9.17) is 14.2 Å². The highest BCUT2D eigenvalue weighted by molar-refractivity contribution is 5.94. The normalized spacial score (nSPS) is 11.4. The van der Waals surface area contributed by atoms with Gasteiger partial charge in [0.15, 0.2) is 17.6 Å². The van der Waals surface area contributed by atoms with E-state index < -0.39 is 6.10 Å². The number of methoxy groups -OCH3 is 2. The summed E-state index contributed by atoms with van der Waals surface area (Å²) in [5.74, 6) is 1.61. The first-order valence-electron chi connectivity index (χ1n) is 7.42. The minimum Gasteiger partial charge on any atom is -0.497 e. The van der Waals surface area contributed by atoms with Crippen LogP contribution in [-0.2, 0) is 4.79 Å². The topological polar surface area (TPSA) is 56.8 Å². The Kier molecular flexibility index (Phi) is 5.86. The molecule has 1 unspecified atom stereocenters. The molecule has 0 heterocycles. The second-order valence-electron chi connectivity index (χ2n) is 4.89. The van der Waals surface area contributed by atoms with Crippen molar-refractivity contribution in [2.24, 2.45) is 0 Å². The molecule has 122 valence electrons. The molecule has 0 aliphatic rings. The van der Waals surface area contributed by atoms with Gasteiger partial charge in [-0.05, 0) is 30.7 Å². The molecule has 0 bridgehead atoms. The minimum atomic E-state index is -0.613. The largest absolute Gasteiger partial charge is 0.497 e. The smallest absolute Gasteiger partial charge is 0.265 e. The lowest BCUT2D eigenvalue weighted by atomic mass is 10.2. The number of hydrogen-bond donors (Lipinski definition) is 1. The summed E-state index contributed by atoms with van der Waals surface area (Å²) in [4.78, 5) is 12.4. The Balaban J connectivity index is 2.09. The molecule has 0 spiro atoms. The average molecular weight is 315 g/mol. The van der Waals surface area contributed by atoms with E-state index in [-0.39, 0.29) is 5.91 Å². The molecule has 0 saturated carbocycles. The molecule has 1 amide bonds. The number of hydrogen-bond acceptors (Lipinski definition) is 4. The Bertz CT molecular complexity index is 657. The Labute approximate surface area is 136 Å². The number of anilines is 1. The van der Waals surface area contributed by atoms with Crippen LogP contribution in [0.1, 0.15) is 13.3 Å². The van der Waals surface area contributed by atoms with Crippen LogP contribution in [0.5, 0.6) is 17.2 Å². The van der Waals surface area contributed by atoms with Crippen LogP contribution in [0.4, 0.5) is 5.69 Å². The number of carbonyl (C=O) groups is 1.